The Morgan fingerprint density at radius 2 is 1.00 bits per heavy atom. The van der Waals surface area contributed by atoms with E-state index < -0.39 is 7.14 Å². The lowest BCUT2D eigenvalue weighted by atomic mass is 10.3. The van der Waals surface area contributed by atoms with Crippen molar-refractivity contribution in [2.45, 2.75) is 0 Å². The van der Waals surface area contributed by atoms with Crippen molar-refractivity contribution in [3.05, 3.63) is 88.9 Å². The molecule has 0 amide bonds. The topological polar surface area (TPSA) is 17.1 Å². The summed E-state index contributed by atoms with van der Waals surface area (Å²) in [5.74, 6) is 0. The zero-order chi connectivity index (χ0) is 15.6. The maximum atomic E-state index is 14.1. The van der Waals surface area contributed by atoms with Gasteiger partial charge in [0.1, 0.15) is 0 Å². The normalized spacial score (nSPS) is 11.4. The Labute approximate surface area is 139 Å². The van der Waals surface area contributed by atoms with Crippen molar-refractivity contribution >= 4 is 46.3 Å². The van der Waals surface area contributed by atoms with Gasteiger partial charge in [0.25, 0.3) is 0 Å². The molecule has 3 rings (SSSR count). The summed E-state index contributed by atoms with van der Waals surface area (Å²) in [4.78, 5) is 0. The summed E-state index contributed by atoms with van der Waals surface area (Å²) in [6.07, 6.45) is 0. The SMILES string of the molecule is O=P(c1ccccc1)(c1ccccc1)c1c(Cl)cccc1Cl. The average molecular weight is 347 g/mol. The van der Waals surface area contributed by atoms with E-state index in [9.17, 15) is 4.57 Å². The third-order valence-electron chi connectivity index (χ3n) is 3.49. The second-order valence-corrected chi connectivity index (χ2v) is 8.36. The Hall–Kier alpha value is -1.53. The van der Waals surface area contributed by atoms with Crippen LogP contribution >= 0.6 is 30.3 Å². The van der Waals surface area contributed by atoms with Crippen LogP contribution in [0.15, 0.2) is 78.9 Å². The van der Waals surface area contributed by atoms with Gasteiger partial charge in [-0.2, -0.15) is 0 Å². The monoisotopic (exact) mass is 346 g/mol. The molecule has 0 aliphatic heterocycles. The Morgan fingerprint density at radius 3 is 1.41 bits per heavy atom. The van der Waals surface area contributed by atoms with Crippen LogP contribution in [0, 0.1) is 0 Å². The first-order valence-corrected chi connectivity index (χ1v) is 9.26. The zero-order valence-electron chi connectivity index (χ0n) is 11.6. The fourth-order valence-electron chi connectivity index (χ4n) is 2.47. The number of hydrogen-bond donors (Lipinski definition) is 0. The predicted octanol–water partition coefficient (Wildman–Crippen LogP) is 4.63. The van der Waals surface area contributed by atoms with Gasteiger partial charge in [0, 0.05) is 10.6 Å². The van der Waals surface area contributed by atoms with Crippen molar-refractivity contribution in [3.63, 3.8) is 0 Å². The summed E-state index contributed by atoms with van der Waals surface area (Å²) in [6, 6.07) is 23.9. The van der Waals surface area contributed by atoms with Crippen LogP contribution < -0.4 is 15.9 Å². The highest BCUT2D eigenvalue weighted by atomic mass is 35.5. The van der Waals surface area contributed by atoms with E-state index in [-0.39, 0.29) is 0 Å². The van der Waals surface area contributed by atoms with E-state index in [1.807, 2.05) is 60.7 Å². The molecule has 22 heavy (non-hydrogen) atoms. The first-order chi connectivity index (χ1) is 10.6. The van der Waals surface area contributed by atoms with Crippen LogP contribution in [0.5, 0.6) is 0 Å². The van der Waals surface area contributed by atoms with Gasteiger partial charge in [0.05, 0.1) is 15.3 Å². The van der Waals surface area contributed by atoms with Crippen molar-refractivity contribution in [2.24, 2.45) is 0 Å². The van der Waals surface area contributed by atoms with Crippen LogP contribution in [0.1, 0.15) is 0 Å². The summed E-state index contributed by atoms with van der Waals surface area (Å²) in [5, 5.41) is 2.77. The third-order valence-corrected chi connectivity index (χ3v) is 7.55. The van der Waals surface area contributed by atoms with Gasteiger partial charge in [-0.05, 0) is 12.1 Å². The number of halogens is 2. The molecule has 1 nitrogen and oxygen atoms in total. The Morgan fingerprint density at radius 1 is 0.591 bits per heavy atom. The van der Waals surface area contributed by atoms with Crippen molar-refractivity contribution < 1.29 is 4.57 Å². The summed E-state index contributed by atoms with van der Waals surface area (Å²) < 4.78 is 14.1. The zero-order valence-corrected chi connectivity index (χ0v) is 14.0. The van der Waals surface area contributed by atoms with Crippen LogP contribution in [0.25, 0.3) is 0 Å². The molecule has 3 aromatic carbocycles. The van der Waals surface area contributed by atoms with Gasteiger partial charge in [0.15, 0.2) is 7.14 Å². The molecule has 0 unspecified atom stereocenters. The highest BCUT2D eigenvalue weighted by Crippen LogP contribution is 2.46. The Balaban J connectivity index is 2.37. The van der Waals surface area contributed by atoms with Crippen LogP contribution in [-0.4, -0.2) is 0 Å². The lowest BCUT2D eigenvalue weighted by molar-refractivity contribution is 0.592. The van der Waals surface area contributed by atoms with Gasteiger partial charge in [-0.25, -0.2) is 0 Å². The van der Waals surface area contributed by atoms with E-state index in [0.29, 0.717) is 15.3 Å². The molecule has 0 bridgehead atoms. The molecule has 0 spiro atoms. The number of hydrogen-bond acceptors (Lipinski definition) is 1. The minimum absolute atomic E-state index is 0.420. The molecule has 0 fully saturated rings. The smallest absolute Gasteiger partial charge is 0.173 e. The van der Waals surface area contributed by atoms with Gasteiger partial charge in [-0.3, -0.25) is 0 Å². The minimum Gasteiger partial charge on any atom is -0.309 e. The van der Waals surface area contributed by atoms with Crippen LogP contribution in [0.4, 0.5) is 0 Å². The van der Waals surface area contributed by atoms with E-state index in [4.69, 9.17) is 23.2 Å². The Bertz CT molecular complexity index is 768. The maximum absolute atomic E-state index is 14.1. The molecule has 0 saturated heterocycles. The average Bonchev–Trinajstić information content (AvgIpc) is 2.56. The van der Waals surface area contributed by atoms with Crippen molar-refractivity contribution in [3.8, 4) is 0 Å². The molecule has 0 aliphatic rings. The quantitative estimate of drug-likeness (QED) is 0.631. The molecule has 0 aliphatic carbocycles. The molecule has 0 atom stereocenters. The fourth-order valence-corrected chi connectivity index (χ4v) is 6.33. The highest BCUT2D eigenvalue weighted by molar-refractivity contribution is 7.85. The van der Waals surface area contributed by atoms with Crippen LogP contribution in [-0.2, 0) is 4.57 Å². The van der Waals surface area contributed by atoms with E-state index in [1.54, 1.807) is 18.2 Å². The van der Waals surface area contributed by atoms with Crippen molar-refractivity contribution in [1.82, 2.24) is 0 Å². The van der Waals surface area contributed by atoms with Crippen molar-refractivity contribution in [2.75, 3.05) is 0 Å². The summed E-state index contributed by atoms with van der Waals surface area (Å²) in [5.41, 5.74) is 0. The molecule has 110 valence electrons. The minimum atomic E-state index is -3.12. The molecule has 0 heterocycles. The molecular formula is C18H13Cl2OP. The van der Waals surface area contributed by atoms with Crippen LogP contribution in [0.2, 0.25) is 10.0 Å². The lowest BCUT2D eigenvalue weighted by Gasteiger charge is -2.22. The fraction of sp³-hybridized carbons (Fsp3) is 0. The van der Waals surface area contributed by atoms with E-state index in [2.05, 4.69) is 0 Å². The summed E-state index contributed by atoms with van der Waals surface area (Å²) >= 11 is 12.7. The molecule has 4 heteroatoms. The van der Waals surface area contributed by atoms with Gasteiger partial charge in [-0.15, -0.1) is 0 Å². The summed E-state index contributed by atoms with van der Waals surface area (Å²) in [7, 11) is -3.12. The predicted molar refractivity (Wildman–Crippen MR) is 95.9 cm³/mol. The van der Waals surface area contributed by atoms with Gasteiger partial charge in [-0.1, -0.05) is 89.9 Å². The van der Waals surface area contributed by atoms with Crippen LogP contribution in [0.3, 0.4) is 0 Å². The maximum Gasteiger partial charge on any atom is 0.173 e. The van der Waals surface area contributed by atoms with Gasteiger partial charge >= 0.3 is 0 Å². The molecule has 0 saturated carbocycles. The third kappa shape index (κ3) is 2.61. The summed E-state index contributed by atoms with van der Waals surface area (Å²) in [6.45, 7) is 0. The first-order valence-electron chi connectivity index (χ1n) is 6.80. The molecule has 0 aromatic heterocycles. The number of rotatable bonds is 3. The molecule has 0 N–H and O–H groups in total. The Kier molecular flexibility index (Phi) is 4.40. The lowest BCUT2D eigenvalue weighted by Crippen LogP contribution is -2.26. The second kappa shape index (κ2) is 6.30. The van der Waals surface area contributed by atoms with E-state index in [0.717, 1.165) is 10.6 Å². The second-order valence-electron chi connectivity index (χ2n) is 4.85. The molecular weight excluding hydrogens is 334 g/mol. The van der Waals surface area contributed by atoms with E-state index >= 15 is 0 Å². The highest BCUT2D eigenvalue weighted by Gasteiger charge is 2.33. The van der Waals surface area contributed by atoms with Crippen molar-refractivity contribution in [1.29, 1.82) is 0 Å². The van der Waals surface area contributed by atoms with Gasteiger partial charge in [0.2, 0.25) is 0 Å². The van der Waals surface area contributed by atoms with Gasteiger partial charge < -0.3 is 4.57 Å². The first kappa shape index (κ1) is 15.4. The molecule has 0 radical (unpaired) electrons. The van der Waals surface area contributed by atoms with E-state index in [1.165, 1.54) is 0 Å². The molecule has 3 aromatic rings. The largest absolute Gasteiger partial charge is 0.309 e. The number of benzene rings is 3. The standard InChI is InChI=1S/C18H13Cl2OP/c19-16-12-7-13-17(20)18(16)22(21,14-8-3-1-4-9-14)15-10-5-2-6-11-15/h1-13H.